The summed E-state index contributed by atoms with van der Waals surface area (Å²) in [5.41, 5.74) is 6.22. The van der Waals surface area contributed by atoms with E-state index >= 15 is 0 Å². The van der Waals surface area contributed by atoms with Gasteiger partial charge in [0.1, 0.15) is 0 Å². The van der Waals surface area contributed by atoms with Gasteiger partial charge in [-0.15, -0.1) is 69.1 Å². The van der Waals surface area contributed by atoms with Crippen LogP contribution in [0.25, 0.3) is 32.7 Å². The van der Waals surface area contributed by atoms with Gasteiger partial charge in [-0.3, -0.25) is 0 Å². The summed E-state index contributed by atoms with van der Waals surface area (Å²) in [4.78, 5) is 0. The van der Waals surface area contributed by atoms with Crippen LogP contribution in [0.15, 0.2) is 152 Å². The molecule has 6 aromatic carbocycles. The van der Waals surface area contributed by atoms with Gasteiger partial charge in [-0.1, -0.05) is 126 Å². The van der Waals surface area contributed by atoms with E-state index in [4.69, 9.17) is 0 Å². The van der Waals surface area contributed by atoms with Crippen molar-refractivity contribution in [3.63, 3.8) is 0 Å². The summed E-state index contributed by atoms with van der Waals surface area (Å²) >= 11 is 0. The molecule has 0 N–H and O–H groups in total. The number of fused-ring (bicyclic) bond motifs is 3. The van der Waals surface area contributed by atoms with Gasteiger partial charge in [0.2, 0.25) is 0 Å². The first kappa shape index (κ1) is 30.5. The molecular formula is C36H26Cl2Zr. The van der Waals surface area contributed by atoms with Crippen molar-refractivity contribution >= 4 is 32.7 Å². The molecule has 0 spiro atoms. The summed E-state index contributed by atoms with van der Waals surface area (Å²) in [7, 11) is 0. The van der Waals surface area contributed by atoms with Gasteiger partial charge >= 0.3 is 26.2 Å². The minimum atomic E-state index is 0. The van der Waals surface area contributed by atoms with Crippen molar-refractivity contribution in [2.75, 3.05) is 0 Å². The molecule has 1 aliphatic carbocycles. The van der Waals surface area contributed by atoms with Crippen molar-refractivity contribution in [1.82, 2.24) is 0 Å². The molecule has 1 atom stereocenters. The number of rotatable bonds is 3. The normalized spacial score (nSPS) is 13.6. The van der Waals surface area contributed by atoms with Crippen molar-refractivity contribution in [3.8, 4) is 0 Å². The molecule has 6 aromatic rings. The molecule has 0 radical (unpaired) electrons. The summed E-state index contributed by atoms with van der Waals surface area (Å²) in [6.07, 6.45) is 6.02. The molecule has 3 heteroatoms. The predicted octanol–water partition coefficient (Wildman–Crippen LogP) is 3.47. The van der Waals surface area contributed by atoms with Crippen LogP contribution in [0.3, 0.4) is 0 Å². The van der Waals surface area contributed by atoms with Gasteiger partial charge in [0.15, 0.2) is 0 Å². The van der Waals surface area contributed by atoms with Crippen LogP contribution >= 0.6 is 0 Å². The van der Waals surface area contributed by atoms with Gasteiger partial charge in [-0.2, -0.15) is 11.6 Å². The first-order chi connectivity index (χ1) is 17.9. The van der Waals surface area contributed by atoms with Crippen LogP contribution < -0.4 is 24.8 Å². The Balaban J connectivity index is 0.000000226. The zero-order chi connectivity index (χ0) is 24.2. The Morgan fingerprint density at radius 3 is 1.46 bits per heavy atom. The third-order valence-electron chi connectivity index (χ3n) is 6.73. The number of hydrogen-bond acceptors (Lipinski definition) is 0. The Morgan fingerprint density at radius 2 is 0.923 bits per heavy atom. The number of halogens is 2. The van der Waals surface area contributed by atoms with Crippen LogP contribution in [0.2, 0.25) is 0 Å². The molecule has 0 fully saturated rings. The summed E-state index contributed by atoms with van der Waals surface area (Å²) in [6, 6.07) is 51.0. The van der Waals surface area contributed by atoms with Crippen molar-refractivity contribution in [2.24, 2.45) is 0 Å². The second-order valence-corrected chi connectivity index (χ2v) is 9.04. The van der Waals surface area contributed by atoms with Crippen molar-refractivity contribution in [1.29, 1.82) is 0 Å². The van der Waals surface area contributed by atoms with Crippen molar-refractivity contribution in [2.45, 2.75) is 5.92 Å². The molecule has 39 heavy (non-hydrogen) atoms. The quantitative estimate of drug-likeness (QED) is 0.266. The van der Waals surface area contributed by atoms with E-state index < -0.39 is 0 Å². The molecule has 0 heterocycles. The summed E-state index contributed by atoms with van der Waals surface area (Å²) < 4.78 is 0. The van der Waals surface area contributed by atoms with Crippen molar-refractivity contribution in [3.05, 3.63) is 174 Å². The molecule has 0 nitrogen and oxygen atoms in total. The topological polar surface area (TPSA) is 0 Å². The second kappa shape index (κ2) is 14.3. The molecule has 1 unspecified atom stereocenters. The summed E-state index contributed by atoms with van der Waals surface area (Å²) in [5, 5.41) is 5.39. The summed E-state index contributed by atoms with van der Waals surface area (Å²) in [6.45, 7) is 0. The van der Waals surface area contributed by atoms with Gasteiger partial charge in [-0.05, 0) is 5.92 Å². The number of allylic oxidation sites excluding steroid dienone is 4. The fourth-order valence-corrected chi connectivity index (χ4v) is 4.97. The minimum absolute atomic E-state index is 0. The average molecular weight is 621 g/mol. The fraction of sp³-hybridized carbons (Fsp3) is 0.0278. The molecule has 0 bridgehead atoms. The monoisotopic (exact) mass is 618 g/mol. The molecule has 0 saturated heterocycles. The molecule has 0 aromatic heterocycles. The molecule has 0 aliphatic heterocycles. The van der Waals surface area contributed by atoms with E-state index in [1.807, 2.05) is 0 Å². The Labute approximate surface area is 262 Å². The number of hydrogen-bond donors (Lipinski definition) is 0. The van der Waals surface area contributed by atoms with E-state index in [1.165, 1.54) is 49.4 Å². The fourth-order valence-electron chi connectivity index (χ4n) is 4.97. The van der Waals surface area contributed by atoms with Crippen LogP contribution in [0.1, 0.15) is 22.6 Å². The average Bonchev–Trinajstić information content (AvgIpc) is 3.58. The summed E-state index contributed by atoms with van der Waals surface area (Å²) in [5.74, 6) is 0.210. The van der Waals surface area contributed by atoms with E-state index in [-0.39, 0.29) is 56.9 Å². The maximum atomic E-state index is 3.70. The van der Waals surface area contributed by atoms with Crippen LogP contribution in [0.4, 0.5) is 0 Å². The van der Waals surface area contributed by atoms with Crippen LogP contribution in [-0.4, -0.2) is 0 Å². The SMILES string of the molecule is [C-]1=C(c2ccccc2)C(c2ccccc2)=CC1c1ccccc1.[Cl-].[Cl-].[Zr+4].c1ccc2c(c1)[cH-]c1ccccc12. The Hall–Kier alpha value is -3.09. The first-order valence-corrected chi connectivity index (χ1v) is 12.4. The van der Waals surface area contributed by atoms with Gasteiger partial charge in [-0.25, -0.2) is 0 Å². The molecule has 188 valence electrons. The molecule has 0 amide bonds. The third kappa shape index (κ3) is 6.74. The standard InChI is InChI=1S/C23H17.C13H9.2ClH.Zr/c1-4-10-18(11-5-1)21-16-22(19-12-6-2-7-13-19)23(17-21)20-14-8-3-9-15-20;1-3-7-12-10(5-1)9-11-6-2-4-8-13(11)12;;;/h1-16,21H;1-9H;2*1H;/q2*-1;;;+4/p-2. The van der Waals surface area contributed by atoms with E-state index in [2.05, 4.69) is 158 Å². The van der Waals surface area contributed by atoms with E-state index in [1.54, 1.807) is 0 Å². The molecule has 7 rings (SSSR count). The van der Waals surface area contributed by atoms with E-state index in [0.29, 0.717) is 0 Å². The maximum Gasteiger partial charge on any atom is 4.00 e. The maximum absolute atomic E-state index is 3.70. The van der Waals surface area contributed by atoms with Crippen molar-refractivity contribution < 1.29 is 51.0 Å². The Kier molecular flexibility index (Phi) is 11.2. The smallest absolute Gasteiger partial charge is 1.00 e. The van der Waals surface area contributed by atoms with Crippen LogP contribution in [0, 0.1) is 6.08 Å². The minimum Gasteiger partial charge on any atom is -1.00 e. The number of benzene rings is 5. The zero-order valence-electron chi connectivity index (χ0n) is 21.3. The van der Waals surface area contributed by atoms with Gasteiger partial charge < -0.3 is 24.8 Å². The Morgan fingerprint density at radius 1 is 0.487 bits per heavy atom. The van der Waals surface area contributed by atoms with E-state index in [0.717, 1.165) is 0 Å². The van der Waals surface area contributed by atoms with Crippen LogP contribution in [0.5, 0.6) is 0 Å². The second-order valence-electron chi connectivity index (χ2n) is 9.04. The van der Waals surface area contributed by atoms with Gasteiger partial charge in [0, 0.05) is 0 Å². The van der Waals surface area contributed by atoms with Crippen LogP contribution in [-0.2, 0) is 26.2 Å². The van der Waals surface area contributed by atoms with Gasteiger partial charge in [0.25, 0.3) is 0 Å². The Bertz CT molecular complexity index is 1560. The molecular weight excluding hydrogens is 595 g/mol. The zero-order valence-corrected chi connectivity index (χ0v) is 25.2. The molecule has 0 saturated carbocycles. The predicted molar refractivity (Wildman–Crippen MR) is 154 cm³/mol. The molecule has 1 aliphatic rings. The first-order valence-electron chi connectivity index (χ1n) is 12.4. The van der Waals surface area contributed by atoms with Gasteiger partial charge in [0.05, 0.1) is 0 Å². The largest absolute Gasteiger partial charge is 4.00 e. The van der Waals surface area contributed by atoms with E-state index in [9.17, 15) is 0 Å². The third-order valence-corrected chi connectivity index (χ3v) is 6.73.